The van der Waals surface area contributed by atoms with Crippen LogP contribution in [-0.4, -0.2) is 36.5 Å². The number of aliphatic hydroxyl groups excluding tert-OH is 1. The maximum absolute atomic E-state index is 13.2. The zero-order valence-corrected chi connectivity index (χ0v) is 18.9. The van der Waals surface area contributed by atoms with Crippen molar-refractivity contribution in [1.29, 1.82) is 0 Å². The van der Waals surface area contributed by atoms with Crippen LogP contribution in [0.4, 0.5) is 0 Å². The lowest BCUT2D eigenvalue weighted by Gasteiger charge is -2.53. The Morgan fingerprint density at radius 1 is 1.27 bits per heavy atom. The number of allylic oxidation sites excluding steroid dienone is 4. The number of unbranched alkanes of at least 4 members (excludes halogenated alkanes) is 1. The van der Waals surface area contributed by atoms with Gasteiger partial charge in [-0.05, 0) is 74.2 Å². The molecule has 0 aromatic heterocycles. The fourth-order valence-corrected chi connectivity index (χ4v) is 7.49. The maximum Gasteiger partial charge on any atom is 0.162 e. The van der Waals surface area contributed by atoms with Gasteiger partial charge in [-0.2, -0.15) is 0 Å². The summed E-state index contributed by atoms with van der Waals surface area (Å²) in [6, 6.07) is 0. The van der Waals surface area contributed by atoms with Gasteiger partial charge in [-0.25, -0.2) is 0 Å². The second kappa shape index (κ2) is 8.35. The molecule has 0 radical (unpaired) electrons. The highest BCUT2D eigenvalue weighted by Gasteiger charge is 2.59. The molecule has 1 N–H and O–H groups in total. The van der Waals surface area contributed by atoms with Gasteiger partial charge in [0, 0.05) is 31.0 Å². The zero-order valence-electron chi connectivity index (χ0n) is 18.9. The molecule has 0 aromatic carbocycles. The van der Waals surface area contributed by atoms with Crippen molar-refractivity contribution in [2.75, 3.05) is 19.8 Å². The summed E-state index contributed by atoms with van der Waals surface area (Å²) in [6.45, 7) is 7.89. The SMILES string of the molecule is C[C@H]1CC2C3CCC4=CC(=O)CC[C@]4(C)C3=CC[C@]2(C)[C@H]1C(=O)COCCCCO. The van der Waals surface area contributed by atoms with Crippen LogP contribution in [0.1, 0.15) is 72.1 Å². The summed E-state index contributed by atoms with van der Waals surface area (Å²) in [5, 5.41) is 8.90. The molecule has 4 heteroatoms. The van der Waals surface area contributed by atoms with E-state index in [0.29, 0.717) is 36.6 Å². The Morgan fingerprint density at radius 2 is 2.07 bits per heavy atom. The smallest absolute Gasteiger partial charge is 0.162 e. The van der Waals surface area contributed by atoms with Crippen LogP contribution in [0.2, 0.25) is 0 Å². The predicted molar refractivity (Wildman–Crippen MR) is 117 cm³/mol. The lowest BCUT2D eigenvalue weighted by atomic mass is 9.51. The Bertz CT molecular complexity index is 765. The molecule has 4 nitrogen and oxygen atoms in total. The highest BCUT2D eigenvalue weighted by molar-refractivity contribution is 5.92. The average molecular weight is 415 g/mol. The van der Waals surface area contributed by atoms with Crippen LogP contribution in [0.25, 0.3) is 0 Å². The molecule has 0 saturated heterocycles. The van der Waals surface area contributed by atoms with Crippen molar-refractivity contribution in [2.24, 2.45) is 34.5 Å². The third-order valence-electron chi connectivity index (χ3n) is 8.96. The first kappa shape index (κ1) is 22.0. The fraction of sp³-hybridized carbons (Fsp3) is 0.769. The van der Waals surface area contributed by atoms with E-state index in [2.05, 4.69) is 26.8 Å². The Hall–Kier alpha value is -1.26. The summed E-state index contributed by atoms with van der Waals surface area (Å²) in [5.74, 6) is 2.10. The summed E-state index contributed by atoms with van der Waals surface area (Å²) >= 11 is 0. The van der Waals surface area contributed by atoms with Gasteiger partial charge >= 0.3 is 0 Å². The monoisotopic (exact) mass is 414 g/mol. The van der Waals surface area contributed by atoms with Crippen LogP contribution in [0, 0.1) is 34.5 Å². The quantitative estimate of drug-likeness (QED) is 0.486. The Morgan fingerprint density at radius 3 is 2.83 bits per heavy atom. The number of carbonyl (C=O) groups is 2. The second-order valence-corrected chi connectivity index (χ2v) is 10.7. The summed E-state index contributed by atoms with van der Waals surface area (Å²) in [4.78, 5) is 25.2. The van der Waals surface area contributed by atoms with Crippen molar-refractivity contribution in [3.63, 3.8) is 0 Å². The molecule has 4 aliphatic rings. The van der Waals surface area contributed by atoms with E-state index in [9.17, 15) is 9.59 Å². The van der Waals surface area contributed by atoms with Crippen LogP contribution >= 0.6 is 0 Å². The number of rotatable bonds is 7. The first-order valence-corrected chi connectivity index (χ1v) is 12.0. The molecule has 2 unspecified atom stereocenters. The second-order valence-electron chi connectivity index (χ2n) is 10.7. The predicted octanol–water partition coefficient (Wildman–Crippen LogP) is 4.66. The maximum atomic E-state index is 13.2. The number of carbonyl (C=O) groups excluding carboxylic acids is 2. The molecule has 0 bridgehead atoms. The molecule has 4 aliphatic carbocycles. The normalized spacial score (nSPS) is 40.2. The fourth-order valence-electron chi connectivity index (χ4n) is 7.49. The molecule has 30 heavy (non-hydrogen) atoms. The van der Waals surface area contributed by atoms with E-state index in [4.69, 9.17) is 9.84 Å². The highest BCUT2D eigenvalue weighted by atomic mass is 16.5. The van der Waals surface area contributed by atoms with Crippen molar-refractivity contribution in [2.45, 2.75) is 72.1 Å². The number of ketones is 2. The summed E-state index contributed by atoms with van der Waals surface area (Å²) < 4.78 is 5.67. The van der Waals surface area contributed by atoms with Crippen LogP contribution in [0.3, 0.4) is 0 Å². The van der Waals surface area contributed by atoms with E-state index in [1.165, 1.54) is 5.57 Å². The summed E-state index contributed by atoms with van der Waals surface area (Å²) in [7, 11) is 0. The van der Waals surface area contributed by atoms with Crippen LogP contribution < -0.4 is 0 Å². The van der Waals surface area contributed by atoms with Crippen molar-refractivity contribution in [3.05, 3.63) is 23.3 Å². The minimum Gasteiger partial charge on any atom is -0.396 e. The van der Waals surface area contributed by atoms with Gasteiger partial charge in [0.05, 0.1) is 0 Å². The van der Waals surface area contributed by atoms with Crippen LogP contribution in [0.5, 0.6) is 0 Å². The zero-order chi connectivity index (χ0) is 21.5. The van der Waals surface area contributed by atoms with E-state index in [1.54, 1.807) is 5.57 Å². The number of hydrogen-bond acceptors (Lipinski definition) is 4. The molecule has 0 heterocycles. The van der Waals surface area contributed by atoms with Crippen molar-refractivity contribution in [1.82, 2.24) is 0 Å². The van der Waals surface area contributed by atoms with Crippen LogP contribution in [-0.2, 0) is 14.3 Å². The van der Waals surface area contributed by atoms with Gasteiger partial charge < -0.3 is 9.84 Å². The molecule has 0 aromatic rings. The topological polar surface area (TPSA) is 63.6 Å². The standard InChI is InChI=1S/C26H38O4/c1-17-14-22-20-7-6-18-15-19(28)8-10-25(18,2)21(20)9-11-26(22,3)24(17)23(29)16-30-13-5-4-12-27/h9,15,17,20,22,24,27H,4-8,10-14,16H2,1-3H3/t17-,20?,22?,24+,25-,26-/m0/s1. The highest BCUT2D eigenvalue weighted by Crippen LogP contribution is 2.65. The van der Waals surface area contributed by atoms with E-state index in [1.807, 2.05) is 6.08 Å². The number of aliphatic hydroxyl groups is 1. The van der Waals surface area contributed by atoms with Gasteiger partial charge in [0.15, 0.2) is 11.6 Å². The summed E-state index contributed by atoms with van der Waals surface area (Å²) in [6.07, 6.45) is 11.8. The minimum absolute atomic E-state index is 0.0151. The first-order chi connectivity index (χ1) is 14.3. The molecule has 2 fully saturated rings. The number of hydrogen-bond donors (Lipinski definition) is 1. The van der Waals surface area contributed by atoms with Gasteiger partial charge in [-0.15, -0.1) is 0 Å². The van der Waals surface area contributed by atoms with Crippen molar-refractivity contribution in [3.8, 4) is 0 Å². The molecule has 0 amide bonds. The lowest BCUT2D eigenvalue weighted by molar-refractivity contribution is -0.133. The third-order valence-corrected chi connectivity index (χ3v) is 8.96. The molecule has 2 saturated carbocycles. The Labute approximate surface area is 181 Å². The van der Waals surface area contributed by atoms with Gasteiger partial charge in [0.2, 0.25) is 0 Å². The van der Waals surface area contributed by atoms with E-state index in [0.717, 1.165) is 44.9 Å². The average Bonchev–Trinajstić information content (AvgIpc) is 2.98. The van der Waals surface area contributed by atoms with Gasteiger partial charge in [0.25, 0.3) is 0 Å². The number of fused-ring (bicyclic) bond motifs is 5. The van der Waals surface area contributed by atoms with Gasteiger partial charge in [-0.3, -0.25) is 9.59 Å². The molecule has 6 atom stereocenters. The van der Waals surface area contributed by atoms with Gasteiger partial charge in [0.1, 0.15) is 6.61 Å². The number of Topliss-reactive ketones (excluding diaryl/α,β-unsaturated/α-hetero) is 1. The minimum atomic E-state index is 0.0151. The van der Waals surface area contributed by atoms with E-state index < -0.39 is 0 Å². The Kier molecular flexibility index (Phi) is 6.11. The first-order valence-electron chi connectivity index (χ1n) is 12.0. The Balaban J connectivity index is 1.53. The molecule has 166 valence electrons. The largest absolute Gasteiger partial charge is 0.396 e. The molecular weight excluding hydrogens is 376 g/mol. The molecular formula is C26H38O4. The van der Waals surface area contributed by atoms with E-state index >= 15 is 0 Å². The van der Waals surface area contributed by atoms with Crippen molar-refractivity contribution < 1.29 is 19.4 Å². The third kappa shape index (κ3) is 3.54. The van der Waals surface area contributed by atoms with Gasteiger partial charge in [-0.1, -0.05) is 38.0 Å². The van der Waals surface area contributed by atoms with Crippen molar-refractivity contribution >= 4 is 11.6 Å². The van der Waals surface area contributed by atoms with Crippen LogP contribution in [0.15, 0.2) is 23.3 Å². The molecule has 0 spiro atoms. The lowest BCUT2D eigenvalue weighted by Crippen LogP contribution is -2.46. The summed E-state index contributed by atoms with van der Waals surface area (Å²) in [5.41, 5.74) is 2.98. The molecule has 4 rings (SSSR count). The molecule has 0 aliphatic heterocycles. The van der Waals surface area contributed by atoms with E-state index in [-0.39, 0.29) is 35.7 Å². The number of ether oxygens (including phenoxy) is 1.